The number of guanidine groups is 1. The zero-order chi connectivity index (χ0) is 18.1. The Balaban J connectivity index is 1.65. The van der Waals surface area contributed by atoms with Crippen LogP contribution in [0, 0.1) is 12.7 Å². The molecule has 0 spiro atoms. The van der Waals surface area contributed by atoms with Crippen LogP contribution in [-0.2, 0) is 0 Å². The molecular formula is C20H17FN4O. The molecule has 4 rings (SSSR count). The largest absolute Gasteiger partial charge is 0.325 e. The summed E-state index contributed by atoms with van der Waals surface area (Å²) in [6.45, 7) is 2.82. The van der Waals surface area contributed by atoms with Crippen molar-refractivity contribution in [2.45, 2.75) is 6.92 Å². The molecule has 3 aromatic rings. The fourth-order valence-corrected chi connectivity index (χ4v) is 3.02. The number of nitrogens with one attached hydrogen (secondary N) is 1. The number of benzene rings is 2. The lowest BCUT2D eigenvalue weighted by Crippen LogP contribution is -2.39. The lowest BCUT2D eigenvalue weighted by molar-refractivity contribution is 0.0854. The van der Waals surface area contributed by atoms with E-state index in [1.165, 1.54) is 12.1 Å². The molecule has 1 N–H and O–H groups in total. The van der Waals surface area contributed by atoms with Crippen LogP contribution in [-0.4, -0.2) is 34.8 Å². The van der Waals surface area contributed by atoms with Crippen LogP contribution in [0.2, 0.25) is 0 Å². The van der Waals surface area contributed by atoms with Crippen LogP contribution >= 0.6 is 0 Å². The van der Waals surface area contributed by atoms with Gasteiger partial charge in [0, 0.05) is 23.8 Å². The van der Waals surface area contributed by atoms with Gasteiger partial charge in [0.25, 0.3) is 5.91 Å². The second kappa shape index (κ2) is 6.55. The molecule has 0 unspecified atom stereocenters. The van der Waals surface area contributed by atoms with Gasteiger partial charge in [-0.15, -0.1) is 0 Å². The maximum atomic E-state index is 13.5. The number of amides is 1. The van der Waals surface area contributed by atoms with Gasteiger partial charge >= 0.3 is 0 Å². The second-order valence-corrected chi connectivity index (χ2v) is 6.13. The molecular weight excluding hydrogens is 331 g/mol. The molecule has 5 nitrogen and oxygen atoms in total. The molecule has 1 aliphatic rings. The molecule has 0 radical (unpaired) electrons. The number of hydrogen-bond acceptors (Lipinski definition) is 4. The third kappa shape index (κ3) is 2.90. The monoisotopic (exact) mass is 348 g/mol. The van der Waals surface area contributed by atoms with Gasteiger partial charge in [-0.25, -0.2) is 4.39 Å². The van der Waals surface area contributed by atoms with Crippen molar-refractivity contribution in [3.8, 4) is 0 Å². The van der Waals surface area contributed by atoms with Crippen LogP contribution in [0.4, 0.5) is 10.1 Å². The summed E-state index contributed by atoms with van der Waals surface area (Å²) >= 11 is 0. The third-order valence-electron chi connectivity index (χ3n) is 4.41. The maximum absolute atomic E-state index is 13.5. The highest BCUT2D eigenvalue weighted by atomic mass is 19.1. The summed E-state index contributed by atoms with van der Waals surface area (Å²) in [5.41, 5.74) is 1.85. The summed E-state index contributed by atoms with van der Waals surface area (Å²) < 4.78 is 13.5. The van der Waals surface area contributed by atoms with Crippen molar-refractivity contribution in [2.24, 2.45) is 4.99 Å². The van der Waals surface area contributed by atoms with Gasteiger partial charge in [-0.3, -0.25) is 19.7 Å². The van der Waals surface area contributed by atoms with E-state index in [9.17, 15) is 9.18 Å². The normalized spacial score (nSPS) is 13.8. The Hall–Kier alpha value is -3.28. The van der Waals surface area contributed by atoms with Gasteiger partial charge in [0.1, 0.15) is 11.5 Å². The maximum Gasteiger partial charge on any atom is 0.279 e. The number of aliphatic imine (C=N–C) groups is 1. The molecule has 2 aromatic carbocycles. The number of carbonyl (C=O) groups excluding carboxylic acids is 1. The van der Waals surface area contributed by atoms with Crippen LogP contribution in [0.3, 0.4) is 0 Å². The minimum Gasteiger partial charge on any atom is -0.325 e. The van der Waals surface area contributed by atoms with E-state index in [4.69, 9.17) is 0 Å². The van der Waals surface area contributed by atoms with E-state index in [-0.39, 0.29) is 11.7 Å². The van der Waals surface area contributed by atoms with Gasteiger partial charge in [-0.05, 0) is 36.1 Å². The third-order valence-corrected chi connectivity index (χ3v) is 4.41. The van der Waals surface area contributed by atoms with Gasteiger partial charge in [0.2, 0.25) is 5.96 Å². The van der Waals surface area contributed by atoms with Gasteiger partial charge in [0.15, 0.2) is 0 Å². The van der Waals surface area contributed by atoms with Crippen LogP contribution < -0.4 is 5.32 Å². The number of nitrogens with zero attached hydrogens (tertiary/aromatic N) is 3. The first-order chi connectivity index (χ1) is 12.6. The Labute approximate surface area is 150 Å². The number of hydrogen-bond donors (Lipinski definition) is 1. The zero-order valence-corrected chi connectivity index (χ0v) is 14.2. The summed E-state index contributed by atoms with van der Waals surface area (Å²) in [4.78, 5) is 23.3. The second-order valence-electron chi connectivity index (χ2n) is 6.13. The zero-order valence-electron chi connectivity index (χ0n) is 14.2. The SMILES string of the molecule is Cc1ccc(F)cc1NC1=NCCN1C(=O)c1nccc2ccccc12. The van der Waals surface area contributed by atoms with Crippen molar-refractivity contribution >= 4 is 28.3 Å². The lowest BCUT2D eigenvalue weighted by atomic mass is 10.1. The Morgan fingerprint density at radius 2 is 2.04 bits per heavy atom. The molecule has 0 aliphatic carbocycles. The Kier molecular flexibility index (Phi) is 4.08. The van der Waals surface area contributed by atoms with Crippen molar-refractivity contribution in [3.05, 3.63) is 71.8 Å². The fourth-order valence-electron chi connectivity index (χ4n) is 3.02. The predicted octanol–water partition coefficient (Wildman–Crippen LogP) is 3.61. The van der Waals surface area contributed by atoms with Gasteiger partial charge < -0.3 is 5.32 Å². The molecule has 0 bridgehead atoms. The topological polar surface area (TPSA) is 57.6 Å². The summed E-state index contributed by atoms with van der Waals surface area (Å²) in [5, 5.41) is 4.84. The minimum absolute atomic E-state index is 0.223. The average Bonchev–Trinajstić information content (AvgIpc) is 3.12. The summed E-state index contributed by atoms with van der Waals surface area (Å²) in [7, 11) is 0. The molecule has 6 heteroatoms. The van der Waals surface area contributed by atoms with E-state index in [0.717, 1.165) is 16.3 Å². The van der Waals surface area contributed by atoms with E-state index in [1.54, 1.807) is 17.2 Å². The molecule has 130 valence electrons. The van der Waals surface area contributed by atoms with Crippen molar-refractivity contribution in [1.29, 1.82) is 0 Å². The van der Waals surface area contributed by atoms with Crippen LogP contribution in [0.5, 0.6) is 0 Å². The Morgan fingerprint density at radius 3 is 2.92 bits per heavy atom. The van der Waals surface area contributed by atoms with Crippen molar-refractivity contribution in [2.75, 3.05) is 18.4 Å². The first-order valence-electron chi connectivity index (χ1n) is 8.37. The highest BCUT2D eigenvalue weighted by Gasteiger charge is 2.27. The number of fused-ring (bicyclic) bond motifs is 1. The Morgan fingerprint density at radius 1 is 1.19 bits per heavy atom. The number of aryl methyl sites for hydroxylation is 1. The Bertz CT molecular complexity index is 1030. The van der Waals surface area contributed by atoms with Crippen molar-refractivity contribution in [3.63, 3.8) is 0 Å². The smallest absolute Gasteiger partial charge is 0.279 e. The van der Waals surface area contributed by atoms with Crippen molar-refractivity contribution < 1.29 is 9.18 Å². The van der Waals surface area contributed by atoms with E-state index >= 15 is 0 Å². The number of carbonyl (C=O) groups is 1. The predicted molar refractivity (Wildman–Crippen MR) is 99.8 cm³/mol. The van der Waals surface area contributed by atoms with E-state index in [0.29, 0.717) is 30.4 Å². The molecule has 1 aromatic heterocycles. The first kappa shape index (κ1) is 16.2. The van der Waals surface area contributed by atoms with Gasteiger partial charge in [-0.1, -0.05) is 30.3 Å². The quantitative estimate of drug-likeness (QED) is 0.770. The molecule has 0 saturated heterocycles. The minimum atomic E-state index is -0.342. The number of rotatable bonds is 2. The molecule has 0 atom stereocenters. The van der Waals surface area contributed by atoms with Gasteiger partial charge in [0.05, 0.1) is 6.54 Å². The van der Waals surface area contributed by atoms with Crippen molar-refractivity contribution in [1.82, 2.24) is 9.88 Å². The number of aromatic nitrogens is 1. The van der Waals surface area contributed by atoms with E-state index < -0.39 is 0 Å². The molecule has 1 aliphatic heterocycles. The highest BCUT2D eigenvalue weighted by Crippen LogP contribution is 2.21. The summed E-state index contributed by atoms with van der Waals surface area (Å²) in [6, 6.07) is 14.0. The summed E-state index contributed by atoms with van der Waals surface area (Å²) in [5.74, 6) is -0.150. The molecule has 0 fully saturated rings. The number of anilines is 1. The van der Waals surface area contributed by atoms with E-state index in [1.807, 2.05) is 37.3 Å². The summed E-state index contributed by atoms with van der Waals surface area (Å²) in [6.07, 6.45) is 1.63. The lowest BCUT2D eigenvalue weighted by Gasteiger charge is -2.20. The van der Waals surface area contributed by atoms with Crippen LogP contribution in [0.15, 0.2) is 59.7 Å². The number of halogens is 1. The molecule has 0 saturated carbocycles. The standard InChI is InChI=1S/C20H17FN4O/c1-13-6-7-15(21)12-17(13)24-20-23-10-11-25(20)19(26)18-16-5-3-2-4-14(16)8-9-22-18/h2-9,12H,10-11H2,1H3,(H,23,24). The average molecular weight is 348 g/mol. The molecule has 26 heavy (non-hydrogen) atoms. The highest BCUT2D eigenvalue weighted by molar-refractivity contribution is 6.14. The van der Waals surface area contributed by atoms with Crippen LogP contribution in [0.1, 0.15) is 16.1 Å². The number of pyridine rings is 1. The first-order valence-corrected chi connectivity index (χ1v) is 8.37. The molecule has 2 heterocycles. The van der Waals surface area contributed by atoms with E-state index in [2.05, 4.69) is 15.3 Å². The fraction of sp³-hybridized carbons (Fsp3) is 0.150. The molecule has 1 amide bonds. The van der Waals surface area contributed by atoms with Gasteiger partial charge in [-0.2, -0.15) is 0 Å². The van der Waals surface area contributed by atoms with Crippen LogP contribution in [0.25, 0.3) is 10.8 Å².